The Morgan fingerprint density at radius 2 is 1.90 bits per heavy atom. The van der Waals surface area contributed by atoms with Gasteiger partial charge >= 0.3 is 0 Å². The summed E-state index contributed by atoms with van der Waals surface area (Å²) in [4.78, 5) is 2.55. The van der Waals surface area contributed by atoms with Crippen LogP contribution in [0.2, 0.25) is 0 Å². The van der Waals surface area contributed by atoms with Gasteiger partial charge in [-0.2, -0.15) is 0 Å². The van der Waals surface area contributed by atoms with Crippen molar-refractivity contribution in [3.63, 3.8) is 0 Å². The average molecular weight is 421 g/mol. The van der Waals surface area contributed by atoms with Gasteiger partial charge in [-0.25, -0.2) is 0 Å². The zero-order chi connectivity index (χ0) is 22.1. The molecule has 1 saturated carbocycles. The first-order chi connectivity index (χ1) is 14.3. The molecular weight excluding hydrogens is 372 g/mol. The molecule has 30 heavy (non-hydrogen) atoms. The Labute approximate surface area is 185 Å². The summed E-state index contributed by atoms with van der Waals surface area (Å²) in [5.74, 6) is 1.20. The summed E-state index contributed by atoms with van der Waals surface area (Å²) in [7, 11) is 0. The highest BCUT2D eigenvalue weighted by atomic mass is 16.3. The van der Waals surface area contributed by atoms with Gasteiger partial charge in [-0.3, -0.25) is 4.90 Å². The Morgan fingerprint density at radius 3 is 2.57 bits per heavy atom. The standard InChI is InChI=1S/C26H48N2O2/c1-6-7-8-10-23(29)11-12-24-25-16-21(15-22(25)17-26(24)30)18-27-13-9-14-28(19(2)3)20(4)5/h11-12,15,19-20,22-27,29-30H,6-10,13-14,16-18H2,1-5H3/b12-11+/t22-,23-,24+,25-,26+/m0/s1. The van der Waals surface area contributed by atoms with Crippen LogP contribution in [0.25, 0.3) is 0 Å². The Hall–Kier alpha value is -0.680. The molecule has 2 aliphatic carbocycles. The van der Waals surface area contributed by atoms with Gasteiger partial charge in [-0.15, -0.1) is 0 Å². The minimum absolute atomic E-state index is 0.190. The van der Waals surface area contributed by atoms with Crippen molar-refractivity contribution in [2.24, 2.45) is 17.8 Å². The number of rotatable bonds is 14. The number of nitrogens with one attached hydrogen (secondary N) is 1. The summed E-state index contributed by atoms with van der Waals surface area (Å²) in [5, 5.41) is 24.3. The van der Waals surface area contributed by atoms with E-state index in [1.165, 1.54) is 24.8 Å². The smallest absolute Gasteiger partial charge is 0.0721 e. The van der Waals surface area contributed by atoms with Crippen LogP contribution in [0.4, 0.5) is 0 Å². The van der Waals surface area contributed by atoms with Crippen molar-refractivity contribution < 1.29 is 10.2 Å². The van der Waals surface area contributed by atoms with E-state index in [0.717, 1.165) is 45.3 Å². The van der Waals surface area contributed by atoms with Gasteiger partial charge in [0.1, 0.15) is 0 Å². The molecule has 0 unspecified atom stereocenters. The molecule has 4 heteroatoms. The number of fused-ring (bicyclic) bond motifs is 1. The number of aliphatic hydroxyl groups excluding tert-OH is 2. The molecule has 0 saturated heterocycles. The minimum atomic E-state index is -0.366. The lowest BCUT2D eigenvalue weighted by Crippen LogP contribution is -2.38. The molecule has 4 nitrogen and oxygen atoms in total. The lowest BCUT2D eigenvalue weighted by atomic mass is 9.89. The van der Waals surface area contributed by atoms with E-state index in [4.69, 9.17) is 0 Å². The number of hydrogen-bond donors (Lipinski definition) is 3. The predicted octanol–water partition coefficient (Wildman–Crippen LogP) is 4.53. The monoisotopic (exact) mass is 420 g/mol. The lowest BCUT2D eigenvalue weighted by Gasteiger charge is -2.30. The summed E-state index contributed by atoms with van der Waals surface area (Å²) in [5.41, 5.74) is 1.50. The Bertz CT molecular complexity index is 535. The second-order valence-corrected chi connectivity index (χ2v) is 10.1. The number of hydrogen-bond acceptors (Lipinski definition) is 4. The first-order valence-corrected chi connectivity index (χ1v) is 12.5. The van der Waals surface area contributed by atoms with Crippen molar-refractivity contribution in [3.8, 4) is 0 Å². The van der Waals surface area contributed by atoms with E-state index < -0.39 is 0 Å². The van der Waals surface area contributed by atoms with Gasteiger partial charge in [-0.1, -0.05) is 50.0 Å². The van der Waals surface area contributed by atoms with Crippen molar-refractivity contribution in [1.29, 1.82) is 0 Å². The van der Waals surface area contributed by atoms with E-state index in [0.29, 0.717) is 23.9 Å². The first-order valence-electron chi connectivity index (χ1n) is 12.5. The van der Waals surface area contributed by atoms with Crippen LogP contribution < -0.4 is 5.32 Å². The molecule has 0 aromatic rings. The highest BCUT2D eigenvalue weighted by Crippen LogP contribution is 2.47. The van der Waals surface area contributed by atoms with Crippen LogP contribution in [0.15, 0.2) is 23.8 Å². The SMILES string of the molecule is CCCCC[C@H](O)/C=C/[C@@H]1[C@H]2CC(CNCCCN(C(C)C)C(C)C)=C[C@H]2C[C@H]1O. The highest BCUT2D eigenvalue weighted by Gasteiger charge is 2.43. The normalized spacial score (nSPS) is 27.6. The van der Waals surface area contributed by atoms with Gasteiger partial charge in [0.25, 0.3) is 0 Å². The van der Waals surface area contributed by atoms with Gasteiger partial charge in [0.15, 0.2) is 0 Å². The largest absolute Gasteiger partial charge is 0.392 e. The maximum atomic E-state index is 10.5. The van der Waals surface area contributed by atoms with Gasteiger partial charge in [0.2, 0.25) is 0 Å². The number of aliphatic hydroxyl groups is 2. The number of allylic oxidation sites excluding steroid dienone is 1. The first kappa shape index (κ1) is 25.6. The van der Waals surface area contributed by atoms with Crippen LogP contribution in [0.5, 0.6) is 0 Å². The van der Waals surface area contributed by atoms with Crippen LogP contribution in [-0.2, 0) is 0 Å². The zero-order valence-corrected chi connectivity index (χ0v) is 20.2. The van der Waals surface area contributed by atoms with Crippen LogP contribution in [0.1, 0.15) is 79.6 Å². The third-order valence-corrected chi connectivity index (χ3v) is 7.06. The van der Waals surface area contributed by atoms with E-state index in [9.17, 15) is 10.2 Å². The molecule has 0 bridgehead atoms. The van der Waals surface area contributed by atoms with Crippen LogP contribution in [0.3, 0.4) is 0 Å². The molecule has 0 aliphatic heterocycles. The fourth-order valence-electron chi connectivity index (χ4n) is 5.44. The Morgan fingerprint density at radius 1 is 1.17 bits per heavy atom. The van der Waals surface area contributed by atoms with E-state index in [1.54, 1.807) is 0 Å². The Balaban J connectivity index is 1.72. The van der Waals surface area contributed by atoms with Gasteiger partial charge in [0.05, 0.1) is 12.2 Å². The second kappa shape index (κ2) is 13.0. The van der Waals surface area contributed by atoms with Crippen molar-refractivity contribution >= 4 is 0 Å². The quantitative estimate of drug-likeness (QED) is 0.286. The third-order valence-electron chi connectivity index (χ3n) is 7.06. The molecule has 2 rings (SSSR count). The van der Waals surface area contributed by atoms with E-state index >= 15 is 0 Å². The van der Waals surface area contributed by atoms with Crippen LogP contribution >= 0.6 is 0 Å². The summed E-state index contributed by atoms with van der Waals surface area (Å²) < 4.78 is 0. The molecule has 0 amide bonds. The molecular formula is C26H48N2O2. The molecule has 0 heterocycles. The molecule has 0 radical (unpaired) electrons. The molecule has 174 valence electrons. The molecule has 0 aromatic carbocycles. The van der Waals surface area contributed by atoms with E-state index in [1.807, 2.05) is 6.08 Å². The van der Waals surface area contributed by atoms with E-state index in [-0.39, 0.29) is 18.1 Å². The summed E-state index contributed by atoms with van der Waals surface area (Å²) >= 11 is 0. The second-order valence-electron chi connectivity index (χ2n) is 10.1. The van der Waals surface area contributed by atoms with Gasteiger partial charge in [-0.05, 0) is 78.3 Å². The lowest BCUT2D eigenvalue weighted by molar-refractivity contribution is 0.139. The topological polar surface area (TPSA) is 55.7 Å². The van der Waals surface area contributed by atoms with E-state index in [2.05, 4.69) is 57.0 Å². The average Bonchev–Trinajstić information content (AvgIpc) is 3.18. The molecule has 2 aliphatic rings. The van der Waals surface area contributed by atoms with Crippen molar-refractivity contribution in [3.05, 3.63) is 23.8 Å². The summed E-state index contributed by atoms with van der Waals surface area (Å²) in [6.45, 7) is 14.5. The fourth-order valence-corrected chi connectivity index (χ4v) is 5.44. The van der Waals surface area contributed by atoms with Crippen LogP contribution in [-0.4, -0.2) is 59.0 Å². The van der Waals surface area contributed by atoms with Crippen LogP contribution in [0, 0.1) is 17.8 Å². The van der Waals surface area contributed by atoms with Gasteiger partial charge < -0.3 is 15.5 Å². The zero-order valence-electron chi connectivity index (χ0n) is 20.2. The van der Waals surface area contributed by atoms with Gasteiger partial charge in [0, 0.05) is 24.5 Å². The molecule has 3 N–H and O–H groups in total. The third kappa shape index (κ3) is 7.78. The predicted molar refractivity (Wildman–Crippen MR) is 128 cm³/mol. The summed E-state index contributed by atoms with van der Waals surface area (Å²) in [6, 6.07) is 1.20. The number of nitrogens with zero attached hydrogens (tertiary/aromatic N) is 1. The molecule has 0 aromatic heterocycles. The molecule has 1 fully saturated rings. The highest BCUT2D eigenvalue weighted by molar-refractivity contribution is 5.21. The maximum absolute atomic E-state index is 10.5. The molecule has 0 spiro atoms. The molecule has 5 atom stereocenters. The fraction of sp³-hybridized carbons (Fsp3) is 0.846. The Kier molecular flexibility index (Phi) is 11.1. The minimum Gasteiger partial charge on any atom is -0.392 e. The maximum Gasteiger partial charge on any atom is 0.0721 e. The number of unbranched alkanes of at least 4 members (excludes halogenated alkanes) is 2. The van der Waals surface area contributed by atoms with Crippen molar-refractivity contribution in [1.82, 2.24) is 10.2 Å². The van der Waals surface area contributed by atoms with Crippen molar-refractivity contribution in [2.45, 2.75) is 104 Å². The summed E-state index contributed by atoms with van der Waals surface area (Å²) in [6.07, 6.45) is 13.2. The van der Waals surface area contributed by atoms with Crippen molar-refractivity contribution in [2.75, 3.05) is 19.6 Å².